The molecule has 0 aromatic heterocycles. The summed E-state index contributed by atoms with van der Waals surface area (Å²) in [4.78, 5) is 12.3. The zero-order chi connectivity index (χ0) is 21.9. The molecule has 0 aliphatic carbocycles. The molecule has 0 radical (unpaired) electrons. The lowest BCUT2D eigenvalue weighted by molar-refractivity contribution is -0.114. The molecular formula is C21H17F3N2O3S. The molecular weight excluding hydrogens is 417 g/mol. The van der Waals surface area contributed by atoms with Gasteiger partial charge in [-0.15, -0.1) is 0 Å². The van der Waals surface area contributed by atoms with Crippen LogP contribution in [-0.2, 0) is 14.8 Å². The molecule has 0 aliphatic rings. The Morgan fingerprint density at radius 3 is 2.23 bits per heavy atom. The molecule has 0 aliphatic heterocycles. The molecule has 3 aromatic rings. The highest BCUT2D eigenvalue weighted by molar-refractivity contribution is 7.92. The van der Waals surface area contributed by atoms with Crippen molar-refractivity contribution in [1.29, 1.82) is 0 Å². The van der Waals surface area contributed by atoms with Crippen molar-refractivity contribution in [2.24, 2.45) is 0 Å². The lowest BCUT2D eigenvalue weighted by Crippen LogP contribution is -2.38. The molecule has 0 heterocycles. The van der Waals surface area contributed by atoms with Gasteiger partial charge < -0.3 is 5.32 Å². The number of nitrogens with zero attached hydrogens (tertiary/aromatic N) is 1. The van der Waals surface area contributed by atoms with Gasteiger partial charge in [0.15, 0.2) is 0 Å². The van der Waals surface area contributed by atoms with Crippen LogP contribution in [0.2, 0.25) is 0 Å². The van der Waals surface area contributed by atoms with E-state index in [9.17, 15) is 26.4 Å². The number of benzene rings is 3. The third kappa shape index (κ3) is 4.62. The Hall–Kier alpha value is -3.33. The maximum Gasteiger partial charge on any atom is 0.264 e. The number of nitrogens with one attached hydrogen (secondary N) is 1. The van der Waals surface area contributed by atoms with E-state index in [0.717, 1.165) is 23.8 Å². The fourth-order valence-electron chi connectivity index (χ4n) is 2.70. The average molecular weight is 434 g/mol. The summed E-state index contributed by atoms with van der Waals surface area (Å²) in [6, 6.07) is 13.4. The second-order valence-electron chi connectivity index (χ2n) is 6.45. The van der Waals surface area contributed by atoms with Gasteiger partial charge in [-0.1, -0.05) is 29.8 Å². The Balaban J connectivity index is 1.97. The van der Waals surface area contributed by atoms with E-state index in [1.54, 1.807) is 19.1 Å². The van der Waals surface area contributed by atoms with Gasteiger partial charge in [0.05, 0.1) is 16.3 Å². The molecule has 3 rings (SSSR count). The van der Waals surface area contributed by atoms with Crippen LogP contribution in [0.15, 0.2) is 71.6 Å². The van der Waals surface area contributed by atoms with Gasteiger partial charge in [-0.05, 0) is 43.3 Å². The van der Waals surface area contributed by atoms with Crippen molar-refractivity contribution in [2.45, 2.75) is 11.8 Å². The molecule has 0 unspecified atom stereocenters. The molecule has 1 amide bonds. The van der Waals surface area contributed by atoms with Gasteiger partial charge in [0, 0.05) is 6.07 Å². The number of sulfonamides is 1. The highest BCUT2D eigenvalue weighted by atomic mass is 32.2. The molecule has 0 fully saturated rings. The van der Waals surface area contributed by atoms with Crippen LogP contribution in [0.1, 0.15) is 5.56 Å². The Bertz CT molecular complexity index is 1180. The molecule has 0 saturated heterocycles. The summed E-state index contributed by atoms with van der Waals surface area (Å²) in [6.07, 6.45) is 0. The Morgan fingerprint density at radius 1 is 0.933 bits per heavy atom. The Kier molecular flexibility index (Phi) is 6.12. The molecule has 3 aromatic carbocycles. The molecule has 9 heteroatoms. The smallest absolute Gasteiger partial charge is 0.264 e. The van der Waals surface area contributed by atoms with Crippen LogP contribution in [0.4, 0.5) is 24.5 Å². The zero-order valence-corrected chi connectivity index (χ0v) is 16.6. The molecule has 30 heavy (non-hydrogen) atoms. The van der Waals surface area contributed by atoms with Crippen LogP contribution in [0.25, 0.3) is 0 Å². The molecule has 0 saturated carbocycles. The van der Waals surface area contributed by atoms with E-state index in [2.05, 4.69) is 5.32 Å². The maximum atomic E-state index is 14.4. The molecule has 1 N–H and O–H groups in total. The number of carbonyl (C=O) groups is 1. The van der Waals surface area contributed by atoms with Crippen molar-refractivity contribution in [1.82, 2.24) is 0 Å². The van der Waals surface area contributed by atoms with Gasteiger partial charge in [0.2, 0.25) is 5.91 Å². The highest BCUT2D eigenvalue weighted by Crippen LogP contribution is 2.26. The van der Waals surface area contributed by atoms with Crippen LogP contribution in [0.3, 0.4) is 0 Å². The third-order valence-corrected chi connectivity index (χ3v) is 6.00. The minimum absolute atomic E-state index is 0.142. The van der Waals surface area contributed by atoms with E-state index in [4.69, 9.17) is 0 Å². The van der Waals surface area contributed by atoms with Crippen molar-refractivity contribution in [2.75, 3.05) is 16.2 Å². The third-order valence-electron chi connectivity index (χ3n) is 4.22. The topological polar surface area (TPSA) is 66.5 Å². The van der Waals surface area contributed by atoms with Crippen LogP contribution < -0.4 is 9.62 Å². The van der Waals surface area contributed by atoms with Crippen molar-refractivity contribution in [3.63, 3.8) is 0 Å². The highest BCUT2D eigenvalue weighted by Gasteiger charge is 2.29. The number of amides is 1. The maximum absolute atomic E-state index is 14.4. The normalized spacial score (nSPS) is 11.2. The lowest BCUT2D eigenvalue weighted by Gasteiger charge is -2.24. The number of anilines is 2. The number of hydrogen-bond acceptors (Lipinski definition) is 3. The predicted molar refractivity (Wildman–Crippen MR) is 107 cm³/mol. The second-order valence-corrected chi connectivity index (χ2v) is 8.31. The fourth-order valence-corrected chi connectivity index (χ4v) is 4.13. The molecule has 5 nitrogen and oxygen atoms in total. The van der Waals surface area contributed by atoms with Crippen LogP contribution >= 0.6 is 0 Å². The first-order valence-electron chi connectivity index (χ1n) is 8.77. The summed E-state index contributed by atoms with van der Waals surface area (Å²) in [5, 5.41) is 2.18. The number of carbonyl (C=O) groups excluding carboxylic acids is 1. The summed E-state index contributed by atoms with van der Waals surface area (Å²) in [5.41, 5.74) is 0.145. The molecule has 0 bridgehead atoms. The van der Waals surface area contributed by atoms with Gasteiger partial charge >= 0.3 is 0 Å². The van der Waals surface area contributed by atoms with Crippen molar-refractivity contribution in [3.8, 4) is 0 Å². The van der Waals surface area contributed by atoms with Gasteiger partial charge in [0.25, 0.3) is 10.0 Å². The van der Waals surface area contributed by atoms with E-state index in [1.165, 1.54) is 30.3 Å². The van der Waals surface area contributed by atoms with E-state index < -0.39 is 39.9 Å². The van der Waals surface area contributed by atoms with E-state index in [0.29, 0.717) is 10.4 Å². The number of para-hydroxylation sites is 1. The predicted octanol–water partition coefficient (Wildman–Crippen LogP) is 4.25. The van der Waals surface area contributed by atoms with E-state index in [-0.39, 0.29) is 16.3 Å². The summed E-state index contributed by atoms with van der Waals surface area (Å²) < 4.78 is 68.2. The standard InChI is InChI=1S/C21H17F3N2O3S/c1-14-6-9-16(10-7-14)30(28,29)26(20-5-3-2-4-17(20)23)13-21(27)25-19-11-8-15(22)12-18(19)24/h2-12H,13H2,1H3,(H,25,27). The number of aryl methyl sites for hydroxylation is 1. The van der Waals surface area contributed by atoms with Gasteiger partial charge in [0.1, 0.15) is 24.0 Å². The zero-order valence-electron chi connectivity index (χ0n) is 15.8. The minimum Gasteiger partial charge on any atom is -0.322 e. The molecule has 0 spiro atoms. The monoisotopic (exact) mass is 434 g/mol. The van der Waals surface area contributed by atoms with Crippen molar-refractivity contribution >= 4 is 27.3 Å². The van der Waals surface area contributed by atoms with Gasteiger partial charge in [-0.2, -0.15) is 0 Å². The van der Waals surface area contributed by atoms with Crippen molar-refractivity contribution in [3.05, 3.63) is 89.7 Å². The quantitative estimate of drug-likeness (QED) is 0.631. The second kappa shape index (κ2) is 8.58. The molecule has 156 valence electrons. The van der Waals surface area contributed by atoms with Crippen LogP contribution in [-0.4, -0.2) is 20.9 Å². The first-order chi connectivity index (χ1) is 14.2. The summed E-state index contributed by atoms with van der Waals surface area (Å²) in [6.45, 7) is 0.948. The molecule has 0 atom stereocenters. The average Bonchev–Trinajstić information content (AvgIpc) is 2.69. The minimum atomic E-state index is -4.32. The SMILES string of the molecule is Cc1ccc(S(=O)(=O)N(CC(=O)Nc2ccc(F)cc2F)c2ccccc2F)cc1. The summed E-state index contributed by atoms with van der Waals surface area (Å²) in [5.74, 6) is -3.64. The van der Waals surface area contributed by atoms with Crippen LogP contribution in [0.5, 0.6) is 0 Å². The number of rotatable bonds is 6. The van der Waals surface area contributed by atoms with Crippen LogP contribution in [0, 0.1) is 24.4 Å². The lowest BCUT2D eigenvalue weighted by atomic mass is 10.2. The fraction of sp³-hybridized carbons (Fsp3) is 0.0952. The van der Waals surface area contributed by atoms with Gasteiger partial charge in [-0.3, -0.25) is 9.10 Å². The summed E-state index contributed by atoms with van der Waals surface area (Å²) in [7, 11) is -4.32. The van der Waals surface area contributed by atoms with Gasteiger partial charge in [-0.25, -0.2) is 21.6 Å². The van der Waals surface area contributed by atoms with Crippen molar-refractivity contribution < 1.29 is 26.4 Å². The summed E-state index contributed by atoms with van der Waals surface area (Å²) >= 11 is 0. The van der Waals surface area contributed by atoms with E-state index in [1.807, 2.05) is 0 Å². The Labute approximate surface area is 171 Å². The van der Waals surface area contributed by atoms with E-state index >= 15 is 0 Å². The first kappa shape index (κ1) is 21.4. The largest absolute Gasteiger partial charge is 0.322 e. The Morgan fingerprint density at radius 2 is 1.60 bits per heavy atom. The first-order valence-corrected chi connectivity index (χ1v) is 10.2. The number of halogens is 3. The number of hydrogen-bond donors (Lipinski definition) is 1.